The normalized spacial score (nSPS) is 16.6. The fourth-order valence-corrected chi connectivity index (χ4v) is 2.67. The van der Waals surface area contributed by atoms with Crippen LogP contribution in [0.5, 0.6) is 0 Å². The molecule has 0 aromatic heterocycles. The molecule has 1 saturated carbocycles. The number of hydrogen-bond donors (Lipinski definition) is 1. The van der Waals surface area contributed by atoms with Gasteiger partial charge in [0.2, 0.25) is 5.91 Å². The third-order valence-electron chi connectivity index (χ3n) is 3.70. The SMILES string of the molecule is CN(C)Cc1ccc(NC(=O)C2CCCCC2)cc1. The molecule has 1 aromatic carbocycles. The van der Waals surface area contributed by atoms with Crippen LogP contribution in [0.25, 0.3) is 0 Å². The number of benzene rings is 1. The van der Waals surface area contributed by atoms with Gasteiger partial charge in [-0.3, -0.25) is 4.79 Å². The van der Waals surface area contributed by atoms with Gasteiger partial charge in [-0.25, -0.2) is 0 Å². The Labute approximate surface area is 116 Å². The van der Waals surface area contributed by atoms with Crippen LogP contribution in [0.15, 0.2) is 24.3 Å². The summed E-state index contributed by atoms with van der Waals surface area (Å²) in [4.78, 5) is 14.2. The Hall–Kier alpha value is -1.35. The highest BCUT2D eigenvalue weighted by Gasteiger charge is 2.20. The number of hydrogen-bond acceptors (Lipinski definition) is 2. The quantitative estimate of drug-likeness (QED) is 0.901. The van der Waals surface area contributed by atoms with Crippen molar-refractivity contribution in [3.05, 3.63) is 29.8 Å². The molecule has 104 valence electrons. The largest absolute Gasteiger partial charge is 0.326 e. The van der Waals surface area contributed by atoms with E-state index in [1.165, 1.54) is 24.8 Å². The van der Waals surface area contributed by atoms with Crippen LogP contribution in [-0.4, -0.2) is 24.9 Å². The van der Waals surface area contributed by atoms with Gasteiger partial charge in [0.15, 0.2) is 0 Å². The molecule has 1 N–H and O–H groups in total. The van der Waals surface area contributed by atoms with E-state index in [1.54, 1.807) is 0 Å². The Morgan fingerprint density at radius 3 is 2.37 bits per heavy atom. The molecular weight excluding hydrogens is 236 g/mol. The summed E-state index contributed by atoms with van der Waals surface area (Å²) in [6, 6.07) is 8.16. The van der Waals surface area contributed by atoms with Crippen molar-refractivity contribution in [2.24, 2.45) is 5.92 Å². The highest BCUT2D eigenvalue weighted by molar-refractivity contribution is 5.92. The van der Waals surface area contributed by atoms with Crippen molar-refractivity contribution < 1.29 is 4.79 Å². The summed E-state index contributed by atoms with van der Waals surface area (Å²) in [5, 5.41) is 3.04. The van der Waals surface area contributed by atoms with Crippen molar-refractivity contribution >= 4 is 11.6 Å². The molecule has 0 unspecified atom stereocenters. The molecule has 2 rings (SSSR count). The molecule has 1 aliphatic carbocycles. The molecule has 1 fully saturated rings. The van der Waals surface area contributed by atoms with Crippen LogP contribution in [-0.2, 0) is 11.3 Å². The van der Waals surface area contributed by atoms with E-state index < -0.39 is 0 Å². The first kappa shape index (κ1) is 14.1. The summed E-state index contributed by atoms with van der Waals surface area (Å²) in [6.45, 7) is 0.927. The molecule has 0 atom stereocenters. The topological polar surface area (TPSA) is 32.3 Å². The molecule has 0 saturated heterocycles. The van der Waals surface area contributed by atoms with Crippen molar-refractivity contribution in [1.29, 1.82) is 0 Å². The number of nitrogens with zero attached hydrogens (tertiary/aromatic N) is 1. The van der Waals surface area contributed by atoms with E-state index in [9.17, 15) is 4.79 Å². The summed E-state index contributed by atoms with van der Waals surface area (Å²) in [7, 11) is 4.11. The van der Waals surface area contributed by atoms with Crippen molar-refractivity contribution in [2.45, 2.75) is 38.6 Å². The maximum absolute atomic E-state index is 12.1. The van der Waals surface area contributed by atoms with Crippen molar-refractivity contribution in [2.75, 3.05) is 19.4 Å². The molecule has 0 heterocycles. The van der Waals surface area contributed by atoms with E-state index in [0.717, 1.165) is 25.1 Å². The Balaban J connectivity index is 1.89. The first-order valence-electron chi connectivity index (χ1n) is 7.19. The molecule has 3 heteroatoms. The summed E-state index contributed by atoms with van der Waals surface area (Å²) in [5.41, 5.74) is 2.18. The zero-order valence-corrected chi connectivity index (χ0v) is 12.0. The molecule has 0 spiro atoms. The van der Waals surface area contributed by atoms with Crippen molar-refractivity contribution in [1.82, 2.24) is 4.90 Å². The van der Waals surface area contributed by atoms with Crippen molar-refractivity contribution in [3.8, 4) is 0 Å². The van der Waals surface area contributed by atoms with Crippen LogP contribution in [0.1, 0.15) is 37.7 Å². The summed E-state index contributed by atoms with van der Waals surface area (Å²) in [5.74, 6) is 0.412. The number of carbonyl (C=O) groups is 1. The van der Waals surface area contributed by atoms with Gasteiger partial charge in [-0.2, -0.15) is 0 Å². The maximum Gasteiger partial charge on any atom is 0.227 e. The average molecular weight is 260 g/mol. The number of nitrogens with one attached hydrogen (secondary N) is 1. The Morgan fingerprint density at radius 2 is 1.79 bits per heavy atom. The van der Waals surface area contributed by atoms with Crippen LogP contribution in [0.2, 0.25) is 0 Å². The lowest BCUT2D eigenvalue weighted by molar-refractivity contribution is -0.120. The number of carbonyl (C=O) groups excluding carboxylic acids is 1. The maximum atomic E-state index is 12.1. The van der Waals surface area contributed by atoms with Gasteiger partial charge in [0.1, 0.15) is 0 Å². The minimum atomic E-state index is 0.194. The fraction of sp³-hybridized carbons (Fsp3) is 0.562. The van der Waals surface area contributed by atoms with Crippen LogP contribution in [0.4, 0.5) is 5.69 Å². The minimum Gasteiger partial charge on any atom is -0.326 e. The van der Waals surface area contributed by atoms with Crippen LogP contribution in [0.3, 0.4) is 0 Å². The molecule has 0 radical (unpaired) electrons. The molecular formula is C16H24N2O. The predicted molar refractivity (Wildman–Crippen MR) is 79.0 cm³/mol. The molecule has 0 aliphatic heterocycles. The van der Waals surface area contributed by atoms with Gasteiger partial charge >= 0.3 is 0 Å². The Kier molecular flexibility index (Phi) is 4.97. The highest BCUT2D eigenvalue weighted by atomic mass is 16.1. The first-order chi connectivity index (χ1) is 9.15. The van der Waals surface area contributed by atoms with E-state index in [1.807, 2.05) is 12.1 Å². The van der Waals surface area contributed by atoms with Crippen LogP contribution in [0, 0.1) is 5.92 Å². The third-order valence-corrected chi connectivity index (χ3v) is 3.70. The van der Waals surface area contributed by atoms with E-state index in [4.69, 9.17) is 0 Å². The molecule has 19 heavy (non-hydrogen) atoms. The summed E-state index contributed by atoms with van der Waals surface area (Å²) < 4.78 is 0. The molecule has 1 aliphatic rings. The zero-order valence-electron chi connectivity index (χ0n) is 12.0. The monoisotopic (exact) mass is 260 g/mol. The van der Waals surface area contributed by atoms with Gasteiger partial charge in [0.25, 0.3) is 0 Å². The second-order valence-electron chi connectivity index (χ2n) is 5.76. The highest BCUT2D eigenvalue weighted by Crippen LogP contribution is 2.25. The number of amides is 1. The van der Waals surface area contributed by atoms with Gasteiger partial charge in [-0.15, -0.1) is 0 Å². The molecule has 3 nitrogen and oxygen atoms in total. The van der Waals surface area contributed by atoms with Crippen LogP contribution >= 0.6 is 0 Å². The molecule has 1 aromatic rings. The summed E-state index contributed by atoms with van der Waals surface area (Å²) in [6.07, 6.45) is 5.76. The lowest BCUT2D eigenvalue weighted by Gasteiger charge is -2.20. The standard InChI is InChI=1S/C16H24N2O/c1-18(2)12-13-8-10-15(11-9-13)17-16(19)14-6-4-3-5-7-14/h8-11,14H,3-7,12H2,1-2H3,(H,17,19). The zero-order chi connectivity index (χ0) is 13.7. The Bertz CT molecular complexity index is 405. The molecule has 1 amide bonds. The molecule has 0 bridgehead atoms. The third kappa shape index (κ3) is 4.35. The van der Waals surface area contributed by atoms with Gasteiger partial charge in [0, 0.05) is 18.2 Å². The van der Waals surface area contributed by atoms with E-state index in [-0.39, 0.29) is 11.8 Å². The second kappa shape index (κ2) is 6.71. The first-order valence-corrected chi connectivity index (χ1v) is 7.19. The van der Waals surface area contributed by atoms with E-state index in [2.05, 4.69) is 36.4 Å². The Morgan fingerprint density at radius 1 is 1.16 bits per heavy atom. The second-order valence-corrected chi connectivity index (χ2v) is 5.76. The number of rotatable bonds is 4. The van der Waals surface area contributed by atoms with Gasteiger partial charge in [-0.05, 0) is 44.6 Å². The van der Waals surface area contributed by atoms with Crippen molar-refractivity contribution in [3.63, 3.8) is 0 Å². The van der Waals surface area contributed by atoms with Crippen LogP contribution < -0.4 is 5.32 Å². The summed E-state index contributed by atoms with van der Waals surface area (Å²) >= 11 is 0. The predicted octanol–water partition coefficient (Wildman–Crippen LogP) is 3.27. The van der Waals surface area contributed by atoms with Gasteiger partial charge in [-0.1, -0.05) is 31.4 Å². The fourth-order valence-electron chi connectivity index (χ4n) is 2.67. The van der Waals surface area contributed by atoms with Gasteiger partial charge < -0.3 is 10.2 Å². The van der Waals surface area contributed by atoms with E-state index >= 15 is 0 Å². The number of anilines is 1. The van der Waals surface area contributed by atoms with E-state index in [0.29, 0.717) is 0 Å². The minimum absolute atomic E-state index is 0.194. The smallest absolute Gasteiger partial charge is 0.227 e. The van der Waals surface area contributed by atoms with Gasteiger partial charge in [0.05, 0.1) is 0 Å². The average Bonchev–Trinajstić information content (AvgIpc) is 2.41. The lowest BCUT2D eigenvalue weighted by atomic mass is 9.88. The lowest BCUT2D eigenvalue weighted by Crippen LogP contribution is -2.24.